The molecule has 0 bridgehead atoms. The Hall–Kier alpha value is -2.29. The van der Waals surface area contributed by atoms with Gasteiger partial charge in [0.15, 0.2) is 5.78 Å². The fourth-order valence-electron chi connectivity index (χ4n) is 3.39. The average Bonchev–Trinajstić information content (AvgIpc) is 2.84. The summed E-state index contributed by atoms with van der Waals surface area (Å²) in [6.45, 7) is 2.93. The zero-order valence-corrected chi connectivity index (χ0v) is 12.3. The molecule has 3 aromatic rings. The second kappa shape index (κ2) is 4.35. The summed E-state index contributed by atoms with van der Waals surface area (Å²) in [6, 6.07) is 10.5. The van der Waals surface area contributed by atoms with Gasteiger partial charge in [0.2, 0.25) is 0 Å². The van der Waals surface area contributed by atoms with Crippen LogP contribution in [0.5, 0.6) is 5.75 Å². The van der Waals surface area contributed by atoms with E-state index in [2.05, 4.69) is 35.8 Å². The fraction of sp³-hybridized carbons (Fsp3) is 0.278. The first-order valence-electron chi connectivity index (χ1n) is 7.39. The normalized spacial score (nSPS) is 14.1. The quantitative estimate of drug-likeness (QED) is 0.711. The summed E-state index contributed by atoms with van der Waals surface area (Å²) in [5, 5.41) is 2.35. The van der Waals surface area contributed by atoms with Crippen molar-refractivity contribution in [3.8, 4) is 5.75 Å². The Balaban J connectivity index is 2.21. The Morgan fingerprint density at radius 2 is 2.05 bits per heavy atom. The number of rotatable bonds is 2. The maximum atomic E-state index is 12.3. The monoisotopic (exact) mass is 279 g/mol. The van der Waals surface area contributed by atoms with Crippen LogP contribution in [0.2, 0.25) is 0 Å². The zero-order valence-electron chi connectivity index (χ0n) is 12.3. The number of hydrogen-bond donors (Lipinski definition) is 0. The van der Waals surface area contributed by atoms with E-state index in [-0.39, 0.29) is 5.78 Å². The molecule has 0 fully saturated rings. The van der Waals surface area contributed by atoms with Gasteiger partial charge in [-0.1, -0.05) is 13.0 Å². The second-order valence-electron chi connectivity index (χ2n) is 5.60. The third kappa shape index (κ3) is 1.63. The molecule has 0 saturated carbocycles. The average molecular weight is 279 g/mol. The van der Waals surface area contributed by atoms with E-state index >= 15 is 0 Å². The van der Waals surface area contributed by atoms with Crippen molar-refractivity contribution in [2.24, 2.45) is 0 Å². The van der Waals surface area contributed by atoms with Crippen molar-refractivity contribution in [1.29, 1.82) is 0 Å². The van der Waals surface area contributed by atoms with Crippen molar-refractivity contribution in [2.45, 2.75) is 26.3 Å². The third-order valence-corrected chi connectivity index (χ3v) is 4.50. The molecule has 0 saturated heterocycles. The van der Waals surface area contributed by atoms with Crippen LogP contribution in [0.25, 0.3) is 21.8 Å². The lowest BCUT2D eigenvalue weighted by Gasteiger charge is -2.16. The molecule has 0 spiro atoms. The number of nitrogens with zero attached hydrogens (tertiary/aromatic N) is 1. The lowest BCUT2D eigenvalue weighted by molar-refractivity contribution is 0.0973. The smallest absolute Gasteiger partial charge is 0.166 e. The Bertz CT molecular complexity index is 889. The van der Waals surface area contributed by atoms with Crippen LogP contribution >= 0.6 is 0 Å². The first kappa shape index (κ1) is 12.5. The number of carbonyl (C=O) groups excluding carboxylic acids is 1. The summed E-state index contributed by atoms with van der Waals surface area (Å²) in [4.78, 5) is 12.3. The number of aromatic nitrogens is 1. The molecule has 1 aliphatic rings. The molecule has 2 heterocycles. The van der Waals surface area contributed by atoms with E-state index in [4.69, 9.17) is 4.74 Å². The maximum absolute atomic E-state index is 12.3. The van der Waals surface area contributed by atoms with Crippen LogP contribution in [-0.2, 0) is 13.0 Å². The lowest BCUT2D eigenvalue weighted by atomic mass is 10.0. The summed E-state index contributed by atoms with van der Waals surface area (Å²) < 4.78 is 7.67. The first-order valence-corrected chi connectivity index (χ1v) is 7.39. The van der Waals surface area contributed by atoms with E-state index < -0.39 is 0 Å². The van der Waals surface area contributed by atoms with Gasteiger partial charge in [-0.05, 0) is 36.2 Å². The van der Waals surface area contributed by atoms with E-state index in [1.54, 1.807) is 7.11 Å². The molecule has 0 radical (unpaired) electrons. The van der Waals surface area contributed by atoms with Gasteiger partial charge in [0.25, 0.3) is 0 Å². The van der Waals surface area contributed by atoms with Gasteiger partial charge in [0.05, 0.1) is 12.6 Å². The van der Waals surface area contributed by atoms with Crippen molar-refractivity contribution < 1.29 is 9.53 Å². The Kier molecular flexibility index (Phi) is 2.58. The molecule has 0 amide bonds. The number of fused-ring (bicyclic) bond motifs is 3. The number of benzene rings is 2. The minimum absolute atomic E-state index is 0.213. The third-order valence-electron chi connectivity index (χ3n) is 4.50. The highest BCUT2D eigenvalue weighted by molar-refractivity contribution is 6.17. The summed E-state index contributed by atoms with van der Waals surface area (Å²) in [5.41, 5.74) is 4.39. The molecule has 0 N–H and O–H groups in total. The molecule has 4 rings (SSSR count). The highest BCUT2D eigenvalue weighted by atomic mass is 16.5. The molecule has 3 nitrogen and oxygen atoms in total. The topological polar surface area (TPSA) is 31.2 Å². The van der Waals surface area contributed by atoms with Crippen LogP contribution in [0.15, 0.2) is 30.3 Å². The molecule has 0 unspecified atom stereocenters. The number of carbonyl (C=O) groups is 1. The minimum Gasteiger partial charge on any atom is -0.497 e. The van der Waals surface area contributed by atoms with Crippen LogP contribution in [0.4, 0.5) is 0 Å². The largest absolute Gasteiger partial charge is 0.497 e. The van der Waals surface area contributed by atoms with E-state index in [0.29, 0.717) is 6.42 Å². The molecule has 2 aromatic carbocycles. The Morgan fingerprint density at radius 1 is 1.19 bits per heavy atom. The number of ether oxygens (including phenoxy) is 1. The van der Waals surface area contributed by atoms with Crippen LogP contribution < -0.4 is 4.74 Å². The van der Waals surface area contributed by atoms with Crippen molar-refractivity contribution >= 4 is 27.6 Å². The molecule has 1 aromatic heterocycles. The molecule has 0 aliphatic carbocycles. The minimum atomic E-state index is 0.213. The molecular formula is C18H17NO2. The molecule has 1 aliphatic heterocycles. The summed E-state index contributed by atoms with van der Waals surface area (Å²) in [6.07, 6.45) is 1.58. The van der Waals surface area contributed by atoms with Gasteiger partial charge in [-0.2, -0.15) is 0 Å². The standard InChI is InChI=1S/C18H17NO2/c1-3-11-4-5-16-13(8-11)14-9-12(21-2)10-15-17(20)6-7-19(16)18(14)15/h4-5,8-10H,3,6-7H2,1-2H3. The van der Waals surface area contributed by atoms with Crippen molar-refractivity contribution in [1.82, 2.24) is 4.57 Å². The Labute approximate surface area is 123 Å². The van der Waals surface area contributed by atoms with Gasteiger partial charge < -0.3 is 9.30 Å². The number of Topliss-reactive ketones (excluding diaryl/α,β-unsaturated/α-hetero) is 1. The molecular weight excluding hydrogens is 262 g/mol. The summed E-state index contributed by atoms with van der Waals surface area (Å²) in [7, 11) is 1.65. The van der Waals surface area contributed by atoms with Crippen LogP contribution in [0, 0.1) is 0 Å². The predicted octanol–water partition coefficient (Wildman–Crippen LogP) is 3.95. The molecule has 106 valence electrons. The van der Waals surface area contributed by atoms with Crippen LogP contribution in [0.3, 0.4) is 0 Å². The lowest BCUT2D eigenvalue weighted by Crippen LogP contribution is -2.14. The van der Waals surface area contributed by atoms with Crippen molar-refractivity contribution in [3.05, 3.63) is 41.5 Å². The van der Waals surface area contributed by atoms with Crippen LogP contribution in [0.1, 0.15) is 29.3 Å². The van der Waals surface area contributed by atoms with Crippen molar-refractivity contribution in [2.75, 3.05) is 7.11 Å². The first-order chi connectivity index (χ1) is 10.2. The fourth-order valence-corrected chi connectivity index (χ4v) is 3.39. The maximum Gasteiger partial charge on any atom is 0.166 e. The van der Waals surface area contributed by atoms with Gasteiger partial charge in [0.1, 0.15) is 5.75 Å². The number of ketones is 1. The molecule has 0 atom stereocenters. The van der Waals surface area contributed by atoms with E-state index in [1.165, 1.54) is 16.5 Å². The van der Waals surface area contributed by atoms with Gasteiger partial charge in [-0.3, -0.25) is 4.79 Å². The van der Waals surface area contributed by atoms with Gasteiger partial charge >= 0.3 is 0 Å². The molecule has 21 heavy (non-hydrogen) atoms. The zero-order chi connectivity index (χ0) is 14.6. The van der Waals surface area contributed by atoms with Crippen LogP contribution in [-0.4, -0.2) is 17.5 Å². The van der Waals surface area contributed by atoms with Gasteiger partial charge in [0, 0.05) is 34.8 Å². The van der Waals surface area contributed by atoms with E-state index in [0.717, 1.165) is 35.2 Å². The van der Waals surface area contributed by atoms with Gasteiger partial charge in [-0.15, -0.1) is 0 Å². The summed E-state index contributed by atoms with van der Waals surface area (Å²) in [5.74, 6) is 0.971. The van der Waals surface area contributed by atoms with Crippen molar-refractivity contribution in [3.63, 3.8) is 0 Å². The molecule has 3 heteroatoms. The summed E-state index contributed by atoms with van der Waals surface area (Å²) >= 11 is 0. The SMILES string of the molecule is CCc1ccc2c(c1)c1cc(OC)cc3c1n2CCC3=O. The number of hydrogen-bond acceptors (Lipinski definition) is 2. The predicted molar refractivity (Wildman–Crippen MR) is 84.3 cm³/mol. The van der Waals surface area contributed by atoms with E-state index in [1.807, 2.05) is 6.07 Å². The highest BCUT2D eigenvalue weighted by Crippen LogP contribution is 2.37. The number of methoxy groups -OCH3 is 1. The highest BCUT2D eigenvalue weighted by Gasteiger charge is 2.23. The second-order valence-corrected chi connectivity index (χ2v) is 5.60. The number of aryl methyl sites for hydroxylation is 2. The Morgan fingerprint density at radius 3 is 2.81 bits per heavy atom. The van der Waals surface area contributed by atoms with E-state index in [9.17, 15) is 4.79 Å². The van der Waals surface area contributed by atoms with Gasteiger partial charge in [-0.25, -0.2) is 0 Å².